The second kappa shape index (κ2) is 6.36. The molecule has 2 bridgehead atoms. The van der Waals surface area contributed by atoms with Crippen LogP contribution >= 0.6 is 12.4 Å². The normalized spacial score (nSPS) is 25.0. The average molecular weight is 354 g/mol. The fourth-order valence-electron chi connectivity index (χ4n) is 3.73. The molecule has 0 amide bonds. The zero-order valence-corrected chi connectivity index (χ0v) is 14.3. The van der Waals surface area contributed by atoms with E-state index in [2.05, 4.69) is 10.3 Å². The highest BCUT2D eigenvalue weighted by atomic mass is 35.5. The largest absolute Gasteiger partial charge is 0.315 e. The van der Waals surface area contributed by atoms with Gasteiger partial charge in [0.1, 0.15) is 4.90 Å². The fourth-order valence-corrected chi connectivity index (χ4v) is 5.80. The maximum absolute atomic E-state index is 13.3. The maximum atomic E-state index is 13.3. The first-order valence-electron chi connectivity index (χ1n) is 7.76. The molecular weight excluding hydrogens is 334 g/mol. The van der Waals surface area contributed by atoms with E-state index < -0.39 is 10.0 Å². The molecule has 0 saturated carbocycles. The van der Waals surface area contributed by atoms with Crippen LogP contribution in [-0.2, 0) is 10.0 Å². The Bertz CT molecular complexity index is 793. The van der Waals surface area contributed by atoms with Crippen LogP contribution in [0.5, 0.6) is 0 Å². The van der Waals surface area contributed by atoms with Gasteiger partial charge in [0, 0.05) is 30.2 Å². The molecule has 2 aliphatic rings. The van der Waals surface area contributed by atoms with Crippen LogP contribution in [0.25, 0.3) is 10.9 Å². The molecule has 124 valence electrons. The third-order valence-electron chi connectivity index (χ3n) is 4.74. The lowest BCUT2D eigenvalue weighted by Crippen LogP contribution is -2.42. The van der Waals surface area contributed by atoms with E-state index in [0.717, 1.165) is 37.7 Å². The van der Waals surface area contributed by atoms with Crippen molar-refractivity contribution in [2.45, 2.75) is 36.2 Å². The van der Waals surface area contributed by atoms with Gasteiger partial charge in [0.15, 0.2) is 0 Å². The molecule has 2 atom stereocenters. The SMILES string of the molecule is Cl.O=S(=O)(c1cccc2cccnc12)N1C2CCNCC1CC2. The van der Waals surface area contributed by atoms with Crippen LogP contribution in [0.1, 0.15) is 19.3 Å². The molecule has 5 nitrogen and oxygen atoms in total. The zero-order valence-electron chi connectivity index (χ0n) is 12.7. The quantitative estimate of drug-likeness (QED) is 0.898. The van der Waals surface area contributed by atoms with Crippen LogP contribution in [0, 0.1) is 0 Å². The van der Waals surface area contributed by atoms with Gasteiger partial charge in [-0.25, -0.2) is 8.42 Å². The molecule has 1 aromatic heterocycles. The van der Waals surface area contributed by atoms with Gasteiger partial charge < -0.3 is 5.32 Å². The first-order valence-corrected chi connectivity index (χ1v) is 9.20. The topological polar surface area (TPSA) is 62.3 Å². The van der Waals surface area contributed by atoms with Gasteiger partial charge in [-0.3, -0.25) is 4.98 Å². The molecule has 1 N–H and O–H groups in total. The molecule has 2 aromatic rings. The Morgan fingerprint density at radius 2 is 1.87 bits per heavy atom. The van der Waals surface area contributed by atoms with E-state index in [1.165, 1.54) is 0 Å². The minimum Gasteiger partial charge on any atom is -0.315 e. The lowest BCUT2D eigenvalue weighted by Gasteiger charge is -2.27. The molecule has 0 aliphatic carbocycles. The van der Waals surface area contributed by atoms with Crippen LogP contribution < -0.4 is 5.32 Å². The minimum absolute atomic E-state index is 0. The van der Waals surface area contributed by atoms with Crippen LogP contribution in [0.3, 0.4) is 0 Å². The van der Waals surface area contributed by atoms with Gasteiger partial charge in [-0.1, -0.05) is 18.2 Å². The van der Waals surface area contributed by atoms with Crippen LogP contribution in [-0.4, -0.2) is 42.9 Å². The zero-order chi connectivity index (χ0) is 15.2. The molecule has 2 saturated heterocycles. The van der Waals surface area contributed by atoms with Crippen molar-refractivity contribution >= 4 is 33.3 Å². The van der Waals surface area contributed by atoms with Gasteiger partial charge in [-0.05, 0) is 37.9 Å². The summed E-state index contributed by atoms with van der Waals surface area (Å²) < 4.78 is 28.3. The van der Waals surface area contributed by atoms with Gasteiger partial charge in [0.25, 0.3) is 0 Å². The summed E-state index contributed by atoms with van der Waals surface area (Å²) in [4.78, 5) is 4.65. The van der Waals surface area contributed by atoms with E-state index in [4.69, 9.17) is 0 Å². The number of aromatic nitrogens is 1. The second-order valence-electron chi connectivity index (χ2n) is 6.04. The Hall–Kier alpha value is -1.21. The highest BCUT2D eigenvalue weighted by Crippen LogP contribution is 2.35. The van der Waals surface area contributed by atoms with Gasteiger partial charge in [-0.2, -0.15) is 4.31 Å². The van der Waals surface area contributed by atoms with Crippen molar-refractivity contribution in [3.8, 4) is 0 Å². The summed E-state index contributed by atoms with van der Waals surface area (Å²) in [6.45, 7) is 1.63. The Morgan fingerprint density at radius 1 is 1.09 bits per heavy atom. The van der Waals surface area contributed by atoms with Gasteiger partial charge in [-0.15, -0.1) is 12.4 Å². The highest BCUT2D eigenvalue weighted by Gasteiger charge is 2.43. The maximum Gasteiger partial charge on any atom is 0.245 e. The van der Waals surface area contributed by atoms with Crippen molar-refractivity contribution in [3.05, 3.63) is 36.5 Å². The Balaban J connectivity index is 0.00000156. The van der Waals surface area contributed by atoms with E-state index in [1.54, 1.807) is 22.6 Å². The first-order chi connectivity index (χ1) is 10.7. The van der Waals surface area contributed by atoms with Gasteiger partial charge in [0.05, 0.1) is 5.52 Å². The number of pyridine rings is 1. The average Bonchev–Trinajstić information content (AvgIpc) is 2.80. The van der Waals surface area contributed by atoms with E-state index in [9.17, 15) is 8.42 Å². The van der Waals surface area contributed by atoms with E-state index in [0.29, 0.717) is 10.4 Å². The van der Waals surface area contributed by atoms with Gasteiger partial charge in [0.2, 0.25) is 10.0 Å². The molecule has 2 fully saturated rings. The number of fused-ring (bicyclic) bond motifs is 3. The van der Waals surface area contributed by atoms with Crippen molar-refractivity contribution < 1.29 is 8.42 Å². The lowest BCUT2D eigenvalue weighted by molar-refractivity contribution is 0.335. The van der Waals surface area contributed by atoms with Crippen LogP contribution in [0.15, 0.2) is 41.4 Å². The van der Waals surface area contributed by atoms with Crippen molar-refractivity contribution in [2.75, 3.05) is 13.1 Å². The van der Waals surface area contributed by atoms with Crippen molar-refractivity contribution in [2.24, 2.45) is 0 Å². The molecule has 0 spiro atoms. The van der Waals surface area contributed by atoms with E-state index in [-0.39, 0.29) is 24.5 Å². The lowest BCUT2D eigenvalue weighted by atomic mass is 10.1. The number of sulfonamides is 1. The molecule has 2 unspecified atom stereocenters. The molecule has 3 heterocycles. The van der Waals surface area contributed by atoms with Crippen LogP contribution in [0.4, 0.5) is 0 Å². The summed E-state index contributed by atoms with van der Waals surface area (Å²) >= 11 is 0. The Morgan fingerprint density at radius 3 is 2.74 bits per heavy atom. The number of rotatable bonds is 2. The van der Waals surface area contributed by atoms with E-state index >= 15 is 0 Å². The number of nitrogens with one attached hydrogen (secondary N) is 1. The number of nitrogens with zero attached hydrogens (tertiary/aromatic N) is 2. The highest BCUT2D eigenvalue weighted by molar-refractivity contribution is 7.89. The number of halogens is 1. The number of hydrogen-bond donors (Lipinski definition) is 1. The Labute approximate surface area is 142 Å². The number of hydrogen-bond acceptors (Lipinski definition) is 4. The molecule has 4 rings (SSSR count). The third kappa shape index (κ3) is 2.74. The fraction of sp³-hybridized carbons (Fsp3) is 0.438. The van der Waals surface area contributed by atoms with Crippen molar-refractivity contribution in [1.82, 2.24) is 14.6 Å². The monoisotopic (exact) mass is 353 g/mol. The smallest absolute Gasteiger partial charge is 0.245 e. The molecule has 7 heteroatoms. The molecule has 2 aliphatic heterocycles. The number of para-hydroxylation sites is 1. The summed E-state index contributed by atoms with van der Waals surface area (Å²) in [6, 6.07) is 9.30. The van der Waals surface area contributed by atoms with E-state index in [1.807, 2.05) is 18.2 Å². The van der Waals surface area contributed by atoms with Gasteiger partial charge >= 0.3 is 0 Å². The predicted molar refractivity (Wildman–Crippen MR) is 92.3 cm³/mol. The second-order valence-corrected chi connectivity index (χ2v) is 7.86. The Kier molecular flexibility index (Phi) is 4.60. The summed E-state index contributed by atoms with van der Waals surface area (Å²) in [5, 5.41) is 4.21. The summed E-state index contributed by atoms with van der Waals surface area (Å²) in [5.41, 5.74) is 0.571. The molecule has 0 radical (unpaired) electrons. The summed E-state index contributed by atoms with van der Waals surface area (Å²) in [6.07, 6.45) is 4.44. The number of benzene rings is 1. The van der Waals surface area contributed by atoms with Crippen molar-refractivity contribution in [3.63, 3.8) is 0 Å². The van der Waals surface area contributed by atoms with Crippen molar-refractivity contribution in [1.29, 1.82) is 0 Å². The summed E-state index contributed by atoms with van der Waals surface area (Å²) in [5.74, 6) is 0. The molecule has 1 aromatic carbocycles. The summed E-state index contributed by atoms with van der Waals surface area (Å²) in [7, 11) is -3.52. The standard InChI is InChI=1S/C16H19N3O2S.ClH/c20-22(21,19-13-6-7-14(19)11-17-10-8-13)15-5-1-3-12-4-2-9-18-16(12)15;/h1-5,9,13-14,17H,6-8,10-11H2;1H. The first kappa shape index (κ1) is 16.6. The minimum atomic E-state index is -3.52. The third-order valence-corrected chi connectivity index (χ3v) is 6.77. The molecular formula is C16H20ClN3O2S. The van der Waals surface area contributed by atoms with Crippen LogP contribution in [0.2, 0.25) is 0 Å². The molecule has 23 heavy (non-hydrogen) atoms. The predicted octanol–water partition coefficient (Wildman–Crippen LogP) is 2.17.